The minimum Gasteiger partial charge on any atom is -0.490 e. The Morgan fingerprint density at radius 2 is 1.97 bits per heavy atom. The van der Waals surface area contributed by atoms with Gasteiger partial charge in [0.15, 0.2) is 5.82 Å². The van der Waals surface area contributed by atoms with Crippen molar-refractivity contribution in [2.75, 3.05) is 19.4 Å². The van der Waals surface area contributed by atoms with E-state index in [-0.39, 0.29) is 11.7 Å². The molecule has 1 aliphatic carbocycles. The van der Waals surface area contributed by atoms with E-state index in [1.54, 1.807) is 12.3 Å². The molecule has 0 unspecified atom stereocenters. The quantitative estimate of drug-likeness (QED) is 0.512. The zero-order valence-electron chi connectivity index (χ0n) is 18.9. The average Bonchev–Trinajstić information content (AvgIpc) is 3.22. The number of halogens is 3. The molecule has 0 aliphatic heterocycles. The first-order valence-electron chi connectivity index (χ1n) is 10.9. The Hall–Kier alpha value is -2.91. The third-order valence-electron chi connectivity index (χ3n) is 6.33. The van der Waals surface area contributed by atoms with Crippen molar-refractivity contribution in [1.82, 2.24) is 15.1 Å². The largest absolute Gasteiger partial charge is 0.490 e. The summed E-state index contributed by atoms with van der Waals surface area (Å²) in [6.07, 6.45) is -0.539. The van der Waals surface area contributed by atoms with Gasteiger partial charge in [-0.15, -0.1) is 5.10 Å². The van der Waals surface area contributed by atoms with Gasteiger partial charge in [0.2, 0.25) is 0 Å². The Morgan fingerprint density at radius 1 is 1.18 bits per heavy atom. The van der Waals surface area contributed by atoms with E-state index in [1.165, 1.54) is 13.0 Å². The van der Waals surface area contributed by atoms with Gasteiger partial charge in [0, 0.05) is 16.8 Å². The third-order valence-corrected chi connectivity index (χ3v) is 6.33. The summed E-state index contributed by atoms with van der Waals surface area (Å²) in [7, 11) is 4.16. The van der Waals surface area contributed by atoms with Crippen molar-refractivity contribution in [2.45, 2.75) is 50.7 Å². The lowest BCUT2D eigenvalue weighted by Crippen LogP contribution is -2.26. The summed E-state index contributed by atoms with van der Waals surface area (Å²) in [5, 5.41) is 12.8. The smallest absolute Gasteiger partial charge is 0.416 e. The van der Waals surface area contributed by atoms with Crippen molar-refractivity contribution in [3.8, 4) is 5.75 Å². The van der Waals surface area contributed by atoms with Crippen molar-refractivity contribution < 1.29 is 17.9 Å². The number of nitrogens with one attached hydrogen (secondary N) is 1. The number of hydrogen-bond donors (Lipinski definition) is 2. The van der Waals surface area contributed by atoms with Gasteiger partial charge in [-0.1, -0.05) is 12.1 Å². The maximum absolute atomic E-state index is 13.3. The number of ether oxygens (including phenoxy) is 1. The van der Waals surface area contributed by atoms with E-state index in [4.69, 9.17) is 10.5 Å². The third kappa shape index (κ3) is 5.04. The second-order valence-corrected chi connectivity index (χ2v) is 8.75. The summed E-state index contributed by atoms with van der Waals surface area (Å²) in [6.45, 7) is 1.42. The average molecular weight is 460 g/mol. The lowest BCUT2D eigenvalue weighted by Gasteiger charge is -2.21. The van der Waals surface area contributed by atoms with Crippen LogP contribution in [0.5, 0.6) is 5.75 Å². The highest BCUT2D eigenvalue weighted by molar-refractivity contribution is 5.92. The first kappa shape index (κ1) is 23.3. The number of nitrogens with zero attached hydrogens (tertiary/aromatic N) is 3. The Kier molecular flexibility index (Phi) is 6.45. The van der Waals surface area contributed by atoms with Gasteiger partial charge in [-0.25, -0.2) is 0 Å². The van der Waals surface area contributed by atoms with E-state index in [0.717, 1.165) is 36.1 Å². The molecule has 33 heavy (non-hydrogen) atoms. The van der Waals surface area contributed by atoms with Gasteiger partial charge in [-0.05, 0) is 75.7 Å². The zero-order valence-corrected chi connectivity index (χ0v) is 18.9. The number of anilines is 1. The van der Waals surface area contributed by atoms with Crippen molar-refractivity contribution in [3.63, 3.8) is 0 Å². The van der Waals surface area contributed by atoms with Crippen LogP contribution < -0.4 is 15.8 Å². The van der Waals surface area contributed by atoms with Crippen LogP contribution in [0.3, 0.4) is 0 Å². The molecule has 1 fully saturated rings. The number of rotatable bonds is 6. The normalized spacial score (nSPS) is 19.8. The first-order chi connectivity index (χ1) is 15.6. The highest BCUT2D eigenvalue weighted by Gasteiger charge is 2.33. The van der Waals surface area contributed by atoms with Crippen molar-refractivity contribution >= 4 is 16.6 Å². The van der Waals surface area contributed by atoms with Crippen molar-refractivity contribution in [3.05, 3.63) is 59.3 Å². The number of aromatic nitrogens is 2. The van der Waals surface area contributed by atoms with Crippen LogP contribution in [0.2, 0.25) is 0 Å². The van der Waals surface area contributed by atoms with E-state index in [2.05, 4.69) is 34.5 Å². The fourth-order valence-corrected chi connectivity index (χ4v) is 4.44. The van der Waals surface area contributed by atoms with E-state index < -0.39 is 17.9 Å². The van der Waals surface area contributed by atoms with Crippen LogP contribution in [0.15, 0.2) is 42.6 Å². The Labute approximate surface area is 190 Å². The van der Waals surface area contributed by atoms with E-state index in [1.807, 2.05) is 18.2 Å². The van der Waals surface area contributed by atoms with Gasteiger partial charge in [0.25, 0.3) is 0 Å². The molecule has 3 atom stereocenters. The fraction of sp³-hybridized carbons (Fsp3) is 0.417. The molecule has 4 rings (SSSR count). The number of alkyl halides is 3. The Balaban J connectivity index is 1.58. The molecular formula is C24H28F3N5O. The molecule has 3 N–H and O–H groups in total. The molecule has 0 spiro atoms. The Morgan fingerprint density at radius 3 is 2.67 bits per heavy atom. The highest BCUT2D eigenvalue weighted by atomic mass is 19.4. The number of benzene rings is 2. The molecule has 1 heterocycles. The molecule has 0 saturated heterocycles. The van der Waals surface area contributed by atoms with E-state index >= 15 is 0 Å². The molecular weight excluding hydrogens is 431 g/mol. The number of nitrogens with two attached hydrogens (primary N) is 1. The molecule has 1 aromatic heterocycles. The fourth-order valence-electron chi connectivity index (χ4n) is 4.44. The molecule has 1 aliphatic rings. The molecule has 2 aromatic carbocycles. The topological polar surface area (TPSA) is 76.3 Å². The van der Waals surface area contributed by atoms with Gasteiger partial charge in [-0.3, -0.25) is 0 Å². The van der Waals surface area contributed by atoms with Crippen LogP contribution in [0.4, 0.5) is 19.0 Å². The maximum atomic E-state index is 13.3. The molecule has 0 bridgehead atoms. The standard InChI is InChI=1S/C24H28F3N5O/c1-14-19(5-4-6-21(14)24(25,26)27)22(28)30-23-20-12-18(9-7-15(20)13-29-31-23)33-17-10-8-16(11-17)32(2)3/h4-7,9,12-13,16-17,22H,8,10-11,28H2,1-3H3,(H,30,31)/t16-,17-,22-/m0/s1. The first-order valence-corrected chi connectivity index (χ1v) is 10.9. The lowest BCUT2D eigenvalue weighted by molar-refractivity contribution is -0.138. The molecule has 0 amide bonds. The molecule has 9 heteroatoms. The lowest BCUT2D eigenvalue weighted by atomic mass is 10.00. The van der Waals surface area contributed by atoms with E-state index in [9.17, 15) is 13.2 Å². The minimum atomic E-state index is -4.45. The Bertz CT molecular complexity index is 1130. The van der Waals surface area contributed by atoms with Crippen LogP contribution >= 0.6 is 0 Å². The highest BCUT2D eigenvalue weighted by Crippen LogP contribution is 2.35. The van der Waals surface area contributed by atoms with Gasteiger partial charge >= 0.3 is 6.18 Å². The van der Waals surface area contributed by atoms with Crippen LogP contribution in [-0.2, 0) is 6.18 Å². The summed E-state index contributed by atoms with van der Waals surface area (Å²) < 4.78 is 46.1. The second kappa shape index (κ2) is 9.15. The predicted octanol–water partition coefficient (Wildman–Crippen LogP) is 4.89. The summed E-state index contributed by atoms with van der Waals surface area (Å²) in [5.74, 6) is 1.10. The van der Waals surface area contributed by atoms with Crippen LogP contribution in [0.1, 0.15) is 42.1 Å². The number of fused-ring (bicyclic) bond motifs is 1. The molecule has 0 radical (unpaired) electrons. The summed E-state index contributed by atoms with van der Waals surface area (Å²) >= 11 is 0. The monoisotopic (exact) mass is 459 g/mol. The van der Waals surface area contributed by atoms with Crippen LogP contribution in [0, 0.1) is 6.92 Å². The van der Waals surface area contributed by atoms with Gasteiger partial charge < -0.3 is 20.7 Å². The SMILES string of the molecule is Cc1c([C@@H](N)Nc2nncc3ccc(O[C@H]4CC[C@H](N(C)C)C4)cc23)cccc1C(F)(F)F. The van der Waals surface area contributed by atoms with Gasteiger partial charge in [-0.2, -0.15) is 18.3 Å². The predicted molar refractivity (Wildman–Crippen MR) is 122 cm³/mol. The van der Waals surface area contributed by atoms with Gasteiger partial charge in [0.05, 0.1) is 11.8 Å². The molecule has 1 saturated carbocycles. The number of hydrogen-bond acceptors (Lipinski definition) is 6. The van der Waals surface area contributed by atoms with E-state index in [0.29, 0.717) is 23.2 Å². The minimum absolute atomic E-state index is 0.0823. The van der Waals surface area contributed by atoms with Crippen molar-refractivity contribution in [2.24, 2.45) is 5.73 Å². The summed E-state index contributed by atoms with van der Waals surface area (Å²) in [4.78, 5) is 2.22. The summed E-state index contributed by atoms with van der Waals surface area (Å²) in [6, 6.07) is 10.2. The zero-order chi connectivity index (χ0) is 23.8. The van der Waals surface area contributed by atoms with Crippen molar-refractivity contribution in [1.29, 1.82) is 0 Å². The maximum Gasteiger partial charge on any atom is 0.416 e. The van der Waals surface area contributed by atoms with Crippen LogP contribution in [0.25, 0.3) is 10.8 Å². The molecule has 3 aromatic rings. The second-order valence-electron chi connectivity index (χ2n) is 8.75. The summed E-state index contributed by atoms with van der Waals surface area (Å²) in [5.41, 5.74) is 5.98. The molecule has 176 valence electrons. The van der Waals surface area contributed by atoms with Crippen LogP contribution in [-0.4, -0.2) is 41.3 Å². The molecule has 6 nitrogen and oxygen atoms in total. The van der Waals surface area contributed by atoms with Gasteiger partial charge in [0.1, 0.15) is 18.0 Å².